The summed E-state index contributed by atoms with van der Waals surface area (Å²) in [6.45, 7) is 13.1. The molecule has 21 heavy (non-hydrogen) atoms. The average molecular weight is 289 g/mol. The van der Waals surface area contributed by atoms with Crippen LogP contribution in [0.3, 0.4) is 0 Å². The van der Waals surface area contributed by atoms with Gasteiger partial charge in [-0.3, -0.25) is 4.79 Å². The highest BCUT2D eigenvalue weighted by Crippen LogP contribution is 2.65. The SMILES string of the molecule is C=CC(=O)NC1(CC(C)(C)C)C2CC3CC1CC(C)(C3)C2. The Labute approximate surface area is 129 Å². The Morgan fingerprint density at radius 3 is 2.24 bits per heavy atom. The molecule has 4 bridgehead atoms. The van der Waals surface area contributed by atoms with Crippen molar-refractivity contribution in [3.8, 4) is 0 Å². The van der Waals surface area contributed by atoms with E-state index in [0.717, 1.165) is 12.3 Å². The third kappa shape index (κ3) is 2.55. The molecule has 0 aliphatic heterocycles. The fraction of sp³-hybridized carbons (Fsp3) is 0.842. The first-order valence-corrected chi connectivity index (χ1v) is 8.60. The fourth-order valence-corrected chi connectivity index (χ4v) is 6.18. The van der Waals surface area contributed by atoms with Gasteiger partial charge in [0.1, 0.15) is 0 Å². The van der Waals surface area contributed by atoms with Gasteiger partial charge in [-0.15, -0.1) is 0 Å². The van der Waals surface area contributed by atoms with Crippen LogP contribution in [0.1, 0.15) is 66.2 Å². The molecular weight excluding hydrogens is 258 g/mol. The zero-order valence-electron chi connectivity index (χ0n) is 14.2. The van der Waals surface area contributed by atoms with Crippen molar-refractivity contribution in [3.05, 3.63) is 12.7 Å². The number of rotatable bonds is 3. The molecule has 0 heterocycles. The van der Waals surface area contributed by atoms with Crippen LogP contribution in [-0.2, 0) is 4.79 Å². The summed E-state index contributed by atoms with van der Waals surface area (Å²) in [5, 5.41) is 3.44. The van der Waals surface area contributed by atoms with E-state index >= 15 is 0 Å². The van der Waals surface area contributed by atoms with Crippen LogP contribution in [0.2, 0.25) is 0 Å². The number of carbonyl (C=O) groups excluding carboxylic acids is 1. The van der Waals surface area contributed by atoms with Gasteiger partial charge < -0.3 is 5.32 Å². The van der Waals surface area contributed by atoms with Crippen LogP contribution >= 0.6 is 0 Å². The van der Waals surface area contributed by atoms with Crippen molar-refractivity contribution in [1.29, 1.82) is 0 Å². The average Bonchev–Trinajstić information content (AvgIpc) is 2.31. The minimum absolute atomic E-state index is 0.0138. The minimum atomic E-state index is 0.0138. The summed E-state index contributed by atoms with van der Waals surface area (Å²) in [7, 11) is 0. The van der Waals surface area contributed by atoms with Crippen LogP contribution in [0.5, 0.6) is 0 Å². The molecule has 2 heteroatoms. The first-order chi connectivity index (χ1) is 9.66. The molecule has 0 aromatic rings. The molecular formula is C19H31NO. The van der Waals surface area contributed by atoms with Crippen LogP contribution in [0.4, 0.5) is 0 Å². The molecule has 2 atom stereocenters. The Balaban J connectivity index is 1.96. The molecule has 2 unspecified atom stereocenters. The molecule has 0 spiro atoms. The summed E-state index contributed by atoms with van der Waals surface area (Å²) in [4.78, 5) is 12.1. The molecule has 4 saturated carbocycles. The van der Waals surface area contributed by atoms with Gasteiger partial charge in [0.15, 0.2) is 0 Å². The van der Waals surface area contributed by atoms with Gasteiger partial charge in [-0.2, -0.15) is 0 Å². The quantitative estimate of drug-likeness (QED) is 0.771. The fourth-order valence-electron chi connectivity index (χ4n) is 6.18. The summed E-state index contributed by atoms with van der Waals surface area (Å²) >= 11 is 0. The lowest BCUT2D eigenvalue weighted by Crippen LogP contribution is -2.68. The van der Waals surface area contributed by atoms with Gasteiger partial charge >= 0.3 is 0 Å². The second-order valence-corrected chi connectivity index (χ2v) is 9.63. The maximum atomic E-state index is 12.1. The molecule has 2 nitrogen and oxygen atoms in total. The van der Waals surface area contributed by atoms with Crippen molar-refractivity contribution in [3.63, 3.8) is 0 Å². The molecule has 0 saturated heterocycles. The van der Waals surface area contributed by atoms with Gasteiger partial charge in [-0.05, 0) is 73.2 Å². The van der Waals surface area contributed by atoms with Crippen molar-refractivity contribution < 1.29 is 4.79 Å². The standard InChI is InChI=1S/C19H31NO/c1-6-16(21)20-19(12-17(2,3)4)14-7-13-8-15(19)11-18(5,9-13)10-14/h6,13-15H,1,7-12H2,2-5H3,(H,20,21). The van der Waals surface area contributed by atoms with Crippen LogP contribution in [0.25, 0.3) is 0 Å². The van der Waals surface area contributed by atoms with Gasteiger partial charge in [-0.25, -0.2) is 0 Å². The van der Waals surface area contributed by atoms with Crippen LogP contribution in [0.15, 0.2) is 12.7 Å². The largest absolute Gasteiger partial charge is 0.347 e. The third-order valence-corrected chi connectivity index (χ3v) is 6.32. The minimum Gasteiger partial charge on any atom is -0.347 e. The number of hydrogen-bond acceptors (Lipinski definition) is 1. The zero-order valence-corrected chi connectivity index (χ0v) is 14.2. The van der Waals surface area contributed by atoms with E-state index in [1.165, 1.54) is 38.2 Å². The summed E-state index contributed by atoms with van der Waals surface area (Å²) in [6, 6.07) is 0. The molecule has 0 aromatic carbocycles. The highest BCUT2D eigenvalue weighted by atomic mass is 16.1. The molecule has 4 fully saturated rings. The van der Waals surface area contributed by atoms with E-state index in [4.69, 9.17) is 0 Å². The Morgan fingerprint density at radius 1 is 1.24 bits per heavy atom. The topological polar surface area (TPSA) is 29.1 Å². The van der Waals surface area contributed by atoms with Crippen molar-refractivity contribution in [2.24, 2.45) is 28.6 Å². The second-order valence-electron chi connectivity index (χ2n) is 9.63. The van der Waals surface area contributed by atoms with Gasteiger partial charge in [-0.1, -0.05) is 34.3 Å². The summed E-state index contributed by atoms with van der Waals surface area (Å²) in [5.41, 5.74) is 0.793. The zero-order chi connectivity index (χ0) is 15.5. The summed E-state index contributed by atoms with van der Waals surface area (Å²) in [5.74, 6) is 2.26. The lowest BCUT2D eigenvalue weighted by Gasteiger charge is -2.66. The molecule has 4 aliphatic carbocycles. The van der Waals surface area contributed by atoms with Crippen molar-refractivity contribution in [2.75, 3.05) is 0 Å². The molecule has 1 N–H and O–H groups in total. The van der Waals surface area contributed by atoms with Crippen LogP contribution in [-0.4, -0.2) is 11.4 Å². The van der Waals surface area contributed by atoms with E-state index < -0.39 is 0 Å². The molecule has 4 rings (SSSR count). The van der Waals surface area contributed by atoms with Gasteiger partial charge in [0.25, 0.3) is 0 Å². The molecule has 0 radical (unpaired) electrons. The van der Waals surface area contributed by atoms with E-state index in [1.54, 1.807) is 0 Å². The first-order valence-electron chi connectivity index (χ1n) is 8.60. The first kappa shape index (κ1) is 15.1. The van der Waals surface area contributed by atoms with E-state index in [0.29, 0.717) is 17.3 Å². The van der Waals surface area contributed by atoms with Gasteiger partial charge in [0, 0.05) is 5.54 Å². The molecule has 1 amide bonds. The molecule has 118 valence electrons. The molecule has 0 aromatic heterocycles. The Bertz CT molecular complexity index is 443. The van der Waals surface area contributed by atoms with Crippen molar-refractivity contribution >= 4 is 5.91 Å². The monoisotopic (exact) mass is 289 g/mol. The van der Waals surface area contributed by atoms with Crippen molar-refractivity contribution in [1.82, 2.24) is 5.32 Å². The van der Waals surface area contributed by atoms with E-state index in [-0.39, 0.29) is 16.9 Å². The van der Waals surface area contributed by atoms with E-state index in [9.17, 15) is 4.79 Å². The maximum absolute atomic E-state index is 12.1. The molecule has 4 aliphatic rings. The normalized spacial score (nSPS) is 44.7. The van der Waals surface area contributed by atoms with Gasteiger partial charge in [0.05, 0.1) is 0 Å². The van der Waals surface area contributed by atoms with E-state index in [1.807, 2.05) is 0 Å². The van der Waals surface area contributed by atoms with Gasteiger partial charge in [0.2, 0.25) is 5.91 Å². The van der Waals surface area contributed by atoms with Crippen LogP contribution in [0, 0.1) is 28.6 Å². The Kier molecular flexibility index (Phi) is 3.31. The smallest absolute Gasteiger partial charge is 0.243 e. The lowest BCUT2D eigenvalue weighted by molar-refractivity contribution is -0.143. The number of carbonyl (C=O) groups is 1. The summed E-state index contributed by atoms with van der Waals surface area (Å²) in [6.07, 6.45) is 9.20. The predicted octanol–water partition coefficient (Wildman–Crippen LogP) is 4.31. The van der Waals surface area contributed by atoms with Crippen LogP contribution < -0.4 is 5.32 Å². The summed E-state index contributed by atoms with van der Waals surface area (Å²) < 4.78 is 0. The lowest BCUT2D eigenvalue weighted by atomic mass is 9.42. The van der Waals surface area contributed by atoms with E-state index in [2.05, 4.69) is 39.6 Å². The third-order valence-electron chi connectivity index (χ3n) is 6.32. The second kappa shape index (κ2) is 4.60. The highest BCUT2D eigenvalue weighted by Gasteiger charge is 2.61. The Morgan fingerprint density at radius 2 is 1.81 bits per heavy atom. The predicted molar refractivity (Wildman–Crippen MR) is 86.8 cm³/mol. The number of hydrogen-bond donors (Lipinski definition) is 1. The Hall–Kier alpha value is -0.790. The number of nitrogens with one attached hydrogen (secondary N) is 1. The maximum Gasteiger partial charge on any atom is 0.243 e. The number of amides is 1. The highest BCUT2D eigenvalue weighted by molar-refractivity contribution is 5.87. The van der Waals surface area contributed by atoms with Crippen molar-refractivity contribution in [2.45, 2.75) is 71.8 Å².